The maximum atomic E-state index is 12.3. The highest BCUT2D eigenvalue weighted by Crippen LogP contribution is 2.31. The quantitative estimate of drug-likeness (QED) is 0.493. The predicted molar refractivity (Wildman–Crippen MR) is 83.2 cm³/mol. The minimum absolute atomic E-state index is 0.192. The van der Waals surface area contributed by atoms with E-state index in [1.807, 2.05) is 12.1 Å². The zero-order chi connectivity index (χ0) is 16.5. The van der Waals surface area contributed by atoms with E-state index in [1.54, 1.807) is 12.1 Å². The fourth-order valence-electron chi connectivity index (χ4n) is 2.61. The van der Waals surface area contributed by atoms with Crippen molar-refractivity contribution in [3.63, 3.8) is 0 Å². The van der Waals surface area contributed by atoms with Gasteiger partial charge in [-0.1, -0.05) is 6.07 Å². The molecular formula is C16H15N4O4+. The number of nitrogens with zero attached hydrogens (tertiary/aromatic N) is 2. The maximum Gasteiger partial charge on any atom is 0.247 e. The number of aromatic nitrogens is 3. The number of rotatable bonds is 3. The SMILES string of the molecule is O=C(Cc1ccc2c(c1)OCCO2)Nc1n[nH]c2c[n+](O)ccc12. The van der Waals surface area contributed by atoms with Crippen LogP contribution >= 0.6 is 0 Å². The van der Waals surface area contributed by atoms with Gasteiger partial charge in [0.1, 0.15) is 18.7 Å². The monoisotopic (exact) mass is 327 g/mol. The summed E-state index contributed by atoms with van der Waals surface area (Å²) in [5, 5.41) is 19.7. The van der Waals surface area contributed by atoms with E-state index in [2.05, 4.69) is 15.5 Å². The molecule has 3 heterocycles. The molecule has 0 unspecified atom stereocenters. The zero-order valence-electron chi connectivity index (χ0n) is 12.7. The zero-order valence-corrected chi connectivity index (χ0v) is 12.7. The molecule has 3 N–H and O–H groups in total. The second kappa shape index (κ2) is 5.73. The lowest BCUT2D eigenvalue weighted by Crippen LogP contribution is -2.27. The molecule has 0 saturated heterocycles. The van der Waals surface area contributed by atoms with Crippen molar-refractivity contribution in [1.29, 1.82) is 0 Å². The lowest BCUT2D eigenvalue weighted by atomic mass is 10.1. The van der Waals surface area contributed by atoms with E-state index in [9.17, 15) is 10.0 Å². The van der Waals surface area contributed by atoms with Gasteiger partial charge in [-0.2, -0.15) is 5.10 Å². The summed E-state index contributed by atoms with van der Waals surface area (Å²) in [6, 6.07) is 7.12. The number of pyridine rings is 1. The Morgan fingerprint density at radius 2 is 2.12 bits per heavy atom. The molecule has 0 saturated carbocycles. The molecule has 1 aliphatic heterocycles. The van der Waals surface area contributed by atoms with Gasteiger partial charge in [-0.05, 0) is 17.7 Å². The third-order valence-electron chi connectivity index (χ3n) is 3.72. The third-order valence-corrected chi connectivity index (χ3v) is 3.72. The molecule has 0 aliphatic carbocycles. The summed E-state index contributed by atoms with van der Waals surface area (Å²) in [6.07, 6.45) is 3.13. The molecule has 24 heavy (non-hydrogen) atoms. The Balaban J connectivity index is 1.50. The first kappa shape index (κ1) is 14.3. The lowest BCUT2D eigenvalue weighted by Gasteiger charge is -2.18. The second-order valence-electron chi connectivity index (χ2n) is 5.43. The molecular weight excluding hydrogens is 312 g/mol. The van der Waals surface area contributed by atoms with E-state index >= 15 is 0 Å². The number of anilines is 1. The van der Waals surface area contributed by atoms with Crippen molar-refractivity contribution < 1.29 is 24.2 Å². The van der Waals surface area contributed by atoms with Crippen LogP contribution in [0, 0.1) is 0 Å². The number of carbonyl (C=O) groups excluding carboxylic acids is 1. The molecule has 4 rings (SSSR count). The van der Waals surface area contributed by atoms with Crippen molar-refractivity contribution in [1.82, 2.24) is 10.2 Å². The molecule has 0 bridgehead atoms. The molecule has 1 aromatic carbocycles. The lowest BCUT2D eigenvalue weighted by molar-refractivity contribution is -0.904. The number of fused-ring (bicyclic) bond motifs is 2. The van der Waals surface area contributed by atoms with Gasteiger partial charge in [0.25, 0.3) is 0 Å². The molecule has 0 atom stereocenters. The summed E-state index contributed by atoms with van der Waals surface area (Å²) in [5.41, 5.74) is 1.44. The van der Waals surface area contributed by atoms with E-state index in [4.69, 9.17) is 9.47 Å². The van der Waals surface area contributed by atoms with Crippen LogP contribution in [0.1, 0.15) is 5.56 Å². The smallest absolute Gasteiger partial charge is 0.247 e. The number of H-pyrrole nitrogens is 1. The van der Waals surface area contributed by atoms with Gasteiger partial charge in [-0.3, -0.25) is 15.1 Å². The van der Waals surface area contributed by atoms with Crippen LogP contribution in [-0.2, 0) is 11.2 Å². The van der Waals surface area contributed by atoms with E-state index in [0.717, 1.165) is 15.7 Å². The van der Waals surface area contributed by atoms with Crippen molar-refractivity contribution in [2.24, 2.45) is 0 Å². The van der Waals surface area contributed by atoms with Crippen molar-refractivity contribution in [3.8, 4) is 11.5 Å². The topological polar surface area (TPSA) is 100 Å². The highest BCUT2D eigenvalue weighted by atomic mass is 16.6. The number of carbonyl (C=O) groups is 1. The average molecular weight is 327 g/mol. The van der Waals surface area contributed by atoms with Crippen LogP contribution in [0.3, 0.4) is 0 Å². The molecule has 0 fully saturated rings. The number of benzene rings is 1. The molecule has 0 radical (unpaired) electrons. The van der Waals surface area contributed by atoms with Gasteiger partial charge >= 0.3 is 0 Å². The first-order valence-electron chi connectivity index (χ1n) is 7.46. The number of amides is 1. The van der Waals surface area contributed by atoms with Gasteiger partial charge in [0.05, 0.1) is 11.8 Å². The van der Waals surface area contributed by atoms with Crippen molar-refractivity contribution in [2.75, 3.05) is 18.5 Å². The van der Waals surface area contributed by atoms with E-state index in [0.29, 0.717) is 36.0 Å². The molecule has 1 aliphatic rings. The molecule has 122 valence electrons. The second-order valence-corrected chi connectivity index (χ2v) is 5.43. The van der Waals surface area contributed by atoms with Crippen molar-refractivity contribution in [3.05, 3.63) is 42.2 Å². The number of aromatic amines is 1. The van der Waals surface area contributed by atoms with Gasteiger partial charge in [0.2, 0.25) is 18.3 Å². The summed E-state index contributed by atoms with van der Waals surface area (Å²) in [5.74, 6) is 1.58. The first-order chi connectivity index (χ1) is 11.7. The molecule has 8 heteroatoms. The van der Waals surface area contributed by atoms with Crippen LogP contribution in [0.2, 0.25) is 0 Å². The van der Waals surface area contributed by atoms with Gasteiger partial charge < -0.3 is 14.8 Å². The first-order valence-corrected chi connectivity index (χ1v) is 7.46. The Labute approximate surface area is 136 Å². The minimum Gasteiger partial charge on any atom is -0.486 e. The Morgan fingerprint density at radius 1 is 1.29 bits per heavy atom. The molecule has 0 spiro atoms. The highest BCUT2D eigenvalue weighted by Gasteiger charge is 2.15. The summed E-state index contributed by atoms with van der Waals surface area (Å²) in [6.45, 7) is 1.04. The number of hydrogen-bond donors (Lipinski definition) is 3. The van der Waals surface area contributed by atoms with Crippen LogP contribution in [0.15, 0.2) is 36.7 Å². The Morgan fingerprint density at radius 3 is 3.00 bits per heavy atom. The molecule has 1 amide bonds. The predicted octanol–water partition coefficient (Wildman–Crippen LogP) is 1.04. The van der Waals surface area contributed by atoms with Crippen LogP contribution < -0.4 is 19.5 Å². The van der Waals surface area contributed by atoms with E-state index < -0.39 is 0 Å². The number of nitrogens with one attached hydrogen (secondary N) is 2. The molecule has 8 nitrogen and oxygen atoms in total. The van der Waals surface area contributed by atoms with Gasteiger partial charge in [0, 0.05) is 10.8 Å². The Hall–Kier alpha value is -3.29. The normalized spacial score (nSPS) is 13.0. The third kappa shape index (κ3) is 2.69. The van der Waals surface area contributed by atoms with Crippen LogP contribution in [0.5, 0.6) is 11.5 Å². The standard InChI is InChI=1S/C16H14N4O4/c21-15(8-10-1-2-13-14(7-10)24-6-5-23-13)17-16-11-3-4-20(22)9-12(11)18-19-16/h1-4,7,9,22H,5-6,8H2,(H,17,21)/p+1. The molecule has 3 aromatic rings. The van der Waals surface area contributed by atoms with E-state index in [-0.39, 0.29) is 12.3 Å². The average Bonchev–Trinajstić information content (AvgIpc) is 2.96. The fraction of sp³-hybridized carbons (Fsp3) is 0.188. The summed E-state index contributed by atoms with van der Waals surface area (Å²) in [7, 11) is 0. The van der Waals surface area contributed by atoms with Crippen LogP contribution in [0.4, 0.5) is 5.82 Å². The van der Waals surface area contributed by atoms with Crippen LogP contribution in [0.25, 0.3) is 10.9 Å². The van der Waals surface area contributed by atoms with Gasteiger partial charge in [-0.25, -0.2) is 0 Å². The van der Waals surface area contributed by atoms with Gasteiger partial charge in [0.15, 0.2) is 17.3 Å². The summed E-state index contributed by atoms with van der Waals surface area (Å²) in [4.78, 5) is 12.3. The number of hydrogen-bond acceptors (Lipinski definition) is 5. The maximum absolute atomic E-state index is 12.3. The van der Waals surface area contributed by atoms with Crippen molar-refractivity contribution in [2.45, 2.75) is 6.42 Å². The summed E-state index contributed by atoms with van der Waals surface area (Å²) >= 11 is 0. The molecule has 2 aromatic heterocycles. The summed E-state index contributed by atoms with van der Waals surface area (Å²) < 4.78 is 11.9. The number of ether oxygens (including phenoxy) is 2. The van der Waals surface area contributed by atoms with Gasteiger partial charge in [-0.15, -0.1) is 0 Å². The fourth-order valence-corrected chi connectivity index (χ4v) is 2.61. The van der Waals surface area contributed by atoms with Crippen molar-refractivity contribution >= 4 is 22.6 Å². The Kier molecular flexibility index (Phi) is 3.42. The largest absolute Gasteiger partial charge is 0.486 e. The highest BCUT2D eigenvalue weighted by molar-refractivity contribution is 5.99. The Bertz CT molecular complexity index is 922. The minimum atomic E-state index is -0.194. The van der Waals surface area contributed by atoms with E-state index in [1.165, 1.54) is 12.4 Å². The van der Waals surface area contributed by atoms with Crippen LogP contribution in [-0.4, -0.2) is 34.5 Å².